The van der Waals surface area contributed by atoms with Crippen molar-refractivity contribution in [1.29, 1.82) is 0 Å². The van der Waals surface area contributed by atoms with Gasteiger partial charge in [-0.2, -0.15) is 0 Å². The predicted octanol–water partition coefficient (Wildman–Crippen LogP) is 3.61. The molecule has 3 nitrogen and oxygen atoms in total. The number of benzene rings is 1. The van der Waals surface area contributed by atoms with E-state index in [4.69, 9.17) is 0 Å². The monoisotopic (exact) mass is 365 g/mol. The van der Waals surface area contributed by atoms with Gasteiger partial charge in [0.2, 0.25) is 10.0 Å². The van der Waals surface area contributed by atoms with Gasteiger partial charge in [-0.05, 0) is 42.5 Å². The van der Waals surface area contributed by atoms with Crippen LogP contribution in [-0.2, 0) is 10.0 Å². The molecule has 0 bridgehead atoms. The molecule has 0 aromatic heterocycles. The van der Waals surface area contributed by atoms with Crippen LogP contribution in [0.1, 0.15) is 32.8 Å². The Hall–Kier alpha value is -0.460. The molecule has 0 saturated heterocycles. The summed E-state index contributed by atoms with van der Waals surface area (Å²) in [4.78, 5) is 0.174. The summed E-state index contributed by atoms with van der Waals surface area (Å²) in [7, 11) is -3.61. The first-order valence-corrected chi connectivity index (χ1v) is 8.81. The van der Waals surface area contributed by atoms with Gasteiger partial charge in [-0.15, -0.1) is 0 Å². The fourth-order valence-electron chi connectivity index (χ4n) is 1.93. The molecule has 1 N–H and O–H groups in total. The molecule has 0 spiro atoms. The lowest BCUT2D eigenvalue weighted by molar-refractivity contribution is 0.373. The van der Waals surface area contributed by atoms with Crippen molar-refractivity contribution in [2.45, 2.75) is 43.8 Å². The minimum atomic E-state index is -3.61. The number of halogens is 2. The van der Waals surface area contributed by atoms with E-state index in [1.165, 1.54) is 12.1 Å². The first-order chi connectivity index (χ1) is 9.01. The molecule has 0 aliphatic carbocycles. The molecule has 1 aromatic rings. The zero-order valence-electron chi connectivity index (χ0n) is 12.2. The van der Waals surface area contributed by atoms with Crippen molar-refractivity contribution in [3.8, 4) is 0 Å². The maximum Gasteiger partial charge on any atom is 0.240 e. The molecule has 20 heavy (non-hydrogen) atoms. The Kier molecular flexibility index (Phi) is 5.75. The highest BCUT2D eigenvalue weighted by atomic mass is 79.9. The summed E-state index contributed by atoms with van der Waals surface area (Å²) in [6.07, 6.45) is 0.845. The summed E-state index contributed by atoms with van der Waals surface area (Å²) < 4.78 is 39.9. The number of hydrogen-bond acceptors (Lipinski definition) is 2. The van der Waals surface area contributed by atoms with E-state index in [1.807, 2.05) is 0 Å². The van der Waals surface area contributed by atoms with Crippen LogP contribution in [0, 0.1) is 18.2 Å². The SMILES string of the molecule is Cc1cc(F)ccc1S(=O)(=O)NCC(Br)CC(C)(C)C. The Morgan fingerprint density at radius 1 is 1.35 bits per heavy atom. The number of nitrogens with one attached hydrogen (secondary N) is 1. The summed E-state index contributed by atoms with van der Waals surface area (Å²) in [6, 6.07) is 3.66. The van der Waals surface area contributed by atoms with Gasteiger partial charge in [-0.1, -0.05) is 36.7 Å². The number of sulfonamides is 1. The summed E-state index contributed by atoms with van der Waals surface area (Å²) >= 11 is 3.48. The van der Waals surface area contributed by atoms with Crippen LogP contribution >= 0.6 is 15.9 Å². The topological polar surface area (TPSA) is 46.2 Å². The molecule has 0 radical (unpaired) electrons. The smallest absolute Gasteiger partial charge is 0.210 e. The van der Waals surface area contributed by atoms with Crippen LogP contribution < -0.4 is 4.72 Å². The largest absolute Gasteiger partial charge is 0.240 e. The second kappa shape index (κ2) is 6.54. The standard InChI is InChI=1S/C14H21BrFNO2S/c1-10-7-12(16)5-6-13(10)20(18,19)17-9-11(15)8-14(2,3)4/h5-7,11,17H,8-9H2,1-4H3. The van der Waals surface area contributed by atoms with Crippen LogP contribution in [0.2, 0.25) is 0 Å². The average molecular weight is 366 g/mol. The third-order valence-corrected chi connectivity index (χ3v) is 4.99. The van der Waals surface area contributed by atoms with Crippen LogP contribution in [0.3, 0.4) is 0 Å². The molecule has 114 valence electrons. The summed E-state index contributed by atoms with van der Waals surface area (Å²) in [5, 5.41) is 0. The van der Waals surface area contributed by atoms with Crippen LogP contribution in [0.25, 0.3) is 0 Å². The van der Waals surface area contributed by atoms with Gasteiger partial charge in [0, 0.05) is 11.4 Å². The van der Waals surface area contributed by atoms with Crippen molar-refractivity contribution in [3.63, 3.8) is 0 Å². The normalized spacial score (nSPS) is 14.3. The fraction of sp³-hybridized carbons (Fsp3) is 0.571. The van der Waals surface area contributed by atoms with Crippen LogP contribution in [0.5, 0.6) is 0 Å². The Labute approximate surface area is 129 Å². The quantitative estimate of drug-likeness (QED) is 0.810. The molecule has 0 saturated carbocycles. The van der Waals surface area contributed by atoms with Gasteiger partial charge in [0.1, 0.15) is 5.82 Å². The van der Waals surface area contributed by atoms with Crippen molar-refractivity contribution in [1.82, 2.24) is 4.72 Å². The molecule has 1 atom stereocenters. The third kappa shape index (κ3) is 5.50. The van der Waals surface area contributed by atoms with Gasteiger partial charge in [-0.25, -0.2) is 17.5 Å². The lowest BCUT2D eigenvalue weighted by Crippen LogP contribution is -2.31. The van der Waals surface area contributed by atoms with Crippen molar-refractivity contribution >= 4 is 26.0 Å². The van der Waals surface area contributed by atoms with Crippen LogP contribution in [0.15, 0.2) is 23.1 Å². The van der Waals surface area contributed by atoms with Gasteiger partial charge < -0.3 is 0 Å². The Bertz CT molecular complexity index is 567. The molecular weight excluding hydrogens is 345 g/mol. The van der Waals surface area contributed by atoms with Gasteiger partial charge in [-0.3, -0.25) is 0 Å². The van der Waals surface area contributed by atoms with E-state index < -0.39 is 15.8 Å². The zero-order chi connectivity index (χ0) is 15.6. The summed E-state index contributed by atoms with van der Waals surface area (Å²) in [6.45, 7) is 8.18. The van der Waals surface area contributed by atoms with E-state index in [2.05, 4.69) is 41.4 Å². The molecule has 0 heterocycles. The van der Waals surface area contributed by atoms with E-state index in [1.54, 1.807) is 6.92 Å². The molecule has 0 aliphatic rings. The van der Waals surface area contributed by atoms with Crippen LogP contribution in [-0.4, -0.2) is 19.8 Å². The summed E-state index contributed by atoms with van der Waals surface area (Å²) in [5.41, 5.74) is 0.519. The number of rotatable bonds is 5. The van der Waals surface area contributed by atoms with Gasteiger partial charge >= 0.3 is 0 Å². The van der Waals surface area contributed by atoms with Crippen molar-refractivity contribution < 1.29 is 12.8 Å². The lowest BCUT2D eigenvalue weighted by Gasteiger charge is -2.22. The number of alkyl halides is 1. The number of aryl methyl sites for hydroxylation is 1. The predicted molar refractivity (Wildman–Crippen MR) is 83.1 cm³/mol. The lowest BCUT2D eigenvalue weighted by atomic mass is 9.91. The van der Waals surface area contributed by atoms with E-state index in [0.717, 1.165) is 12.5 Å². The van der Waals surface area contributed by atoms with E-state index in [0.29, 0.717) is 12.1 Å². The molecule has 0 amide bonds. The van der Waals surface area contributed by atoms with E-state index in [9.17, 15) is 12.8 Å². The zero-order valence-corrected chi connectivity index (χ0v) is 14.6. The molecule has 1 unspecified atom stereocenters. The molecular formula is C14H21BrFNO2S. The Morgan fingerprint density at radius 3 is 2.45 bits per heavy atom. The van der Waals surface area contributed by atoms with Gasteiger partial charge in [0.25, 0.3) is 0 Å². The van der Waals surface area contributed by atoms with Crippen molar-refractivity contribution in [3.05, 3.63) is 29.6 Å². The minimum Gasteiger partial charge on any atom is -0.210 e. The highest BCUT2D eigenvalue weighted by molar-refractivity contribution is 9.09. The maximum absolute atomic E-state index is 13.0. The molecule has 0 fully saturated rings. The van der Waals surface area contributed by atoms with E-state index in [-0.39, 0.29) is 15.1 Å². The second-order valence-electron chi connectivity index (χ2n) is 6.12. The fourth-order valence-corrected chi connectivity index (χ4v) is 4.58. The second-order valence-corrected chi connectivity index (χ2v) is 9.15. The third-order valence-electron chi connectivity index (χ3n) is 2.76. The number of hydrogen-bond donors (Lipinski definition) is 1. The highest BCUT2D eigenvalue weighted by Crippen LogP contribution is 2.24. The maximum atomic E-state index is 13.0. The van der Waals surface area contributed by atoms with Crippen molar-refractivity contribution in [2.24, 2.45) is 5.41 Å². The molecule has 6 heteroatoms. The summed E-state index contributed by atoms with van der Waals surface area (Å²) in [5.74, 6) is -0.437. The first kappa shape index (κ1) is 17.6. The molecule has 0 aliphatic heterocycles. The first-order valence-electron chi connectivity index (χ1n) is 6.41. The van der Waals surface area contributed by atoms with Gasteiger partial charge in [0.05, 0.1) is 4.90 Å². The van der Waals surface area contributed by atoms with Gasteiger partial charge in [0.15, 0.2) is 0 Å². The van der Waals surface area contributed by atoms with Crippen molar-refractivity contribution in [2.75, 3.05) is 6.54 Å². The highest BCUT2D eigenvalue weighted by Gasteiger charge is 2.21. The molecule has 1 aromatic carbocycles. The van der Waals surface area contributed by atoms with Crippen LogP contribution in [0.4, 0.5) is 4.39 Å². The minimum absolute atomic E-state index is 0.0537. The Morgan fingerprint density at radius 2 is 1.95 bits per heavy atom. The van der Waals surface area contributed by atoms with E-state index >= 15 is 0 Å². The average Bonchev–Trinajstić information content (AvgIpc) is 2.23. The Balaban J connectivity index is 2.76. The molecule has 1 rings (SSSR count).